The predicted molar refractivity (Wildman–Crippen MR) is 105 cm³/mol. The number of nitrogens with one attached hydrogen (secondary N) is 1. The molecule has 2 aromatic rings. The molecule has 0 amide bonds. The Morgan fingerprint density at radius 1 is 0.958 bits per heavy atom. The Bertz CT molecular complexity index is 598. The minimum atomic E-state index is 0.422. The van der Waals surface area contributed by atoms with Gasteiger partial charge in [-0.3, -0.25) is 4.90 Å². The Kier molecular flexibility index (Phi) is 7.73. The van der Waals surface area contributed by atoms with Crippen LogP contribution in [0.15, 0.2) is 60.7 Å². The summed E-state index contributed by atoms with van der Waals surface area (Å²) in [6.45, 7) is 10.6. The van der Waals surface area contributed by atoms with Gasteiger partial charge >= 0.3 is 0 Å². The van der Waals surface area contributed by atoms with E-state index in [1.54, 1.807) is 0 Å². The van der Waals surface area contributed by atoms with Gasteiger partial charge in [-0.15, -0.1) is 0 Å². The fraction of sp³-hybridized carbons (Fsp3) is 0.364. The topological polar surface area (TPSA) is 15.3 Å². The normalized spacial score (nSPS) is 12.8. The van der Waals surface area contributed by atoms with Crippen LogP contribution in [0.1, 0.15) is 36.6 Å². The second-order valence-corrected chi connectivity index (χ2v) is 6.12. The molecule has 0 aliphatic heterocycles. The summed E-state index contributed by atoms with van der Waals surface area (Å²) in [6.07, 6.45) is 4.37. The highest BCUT2D eigenvalue weighted by Crippen LogP contribution is 2.20. The van der Waals surface area contributed by atoms with Gasteiger partial charge in [0.15, 0.2) is 0 Å². The van der Waals surface area contributed by atoms with E-state index < -0.39 is 0 Å². The highest BCUT2D eigenvalue weighted by Gasteiger charge is 2.16. The molecule has 0 aromatic heterocycles. The highest BCUT2D eigenvalue weighted by atomic mass is 15.2. The number of hydrogen-bond donors (Lipinski definition) is 1. The largest absolute Gasteiger partial charge is 0.311 e. The molecule has 1 N–H and O–H groups in total. The molecule has 2 rings (SSSR count). The minimum absolute atomic E-state index is 0.422. The number of likely N-dealkylation sites (N-methyl/N-ethyl adjacent to an activating group) is 1. The second-order valence-electron chi connectivity index (χ2n) is 6.12. The average molecular weight is 322 g/mol. The molecular weight excluding hydrogens is 292 g/mol. The van der Waals surface area contributed by atoms with Gasteiger partial charge in [0, 0.05) is 19.1 Å². The van der Waals surface area contributed by atoms with E-state index in [0.717, 1.165) is 26.2 Å². The molecule has 2 aromatic carbocycles. The van der Waals surface area contributed by atoms with E-state index in [-0.39, 0.29) is 0 Å². The zero-order valence-electron chi connectivity index (χ0n) is 15.2. The van der Waals surface area contributed by atoms with Crippen molar-refractivity contribution in [3.05, 3.63) is 77.4 Å². The van der Waals surface area contributed by atoms with E-state index in [1.807, 2.05) is 6.07 Å². The van der Waals surface area contributed by atoms with Crippen LogP contribution >= 0.6 is 0 Å². The molecular formula is C22H30N2. The van der Waals surface area contributed by atoms with Crippen molar-refractivity contribution in [3.8, 4) is 0 Å². The van der Waals surface area contributed by atoms with Crippen LogP contribution in [-0.2, 0) is 0 Å². The molecule has 0 heterocycles. The van der Waals surface area contributed by atoms with E-state index >= 15 is 0 Å². The molecule has 0 fully saturated rings. The molecule has 2 nitrogen and oxygen atoms in total. The lowest BCUT2D eigenvalue weighted by Crippen LogP contribution is -2.35. The summed E-state index contributed by atoms with van der Waals surface area (Å²) in [5, 5.41) is 3.59. The monoisotopic (exact) mass is 322 g/mol. The summed E-state index contributed by atoms with van der Waals surface area (Å²) < 4.78 is 0. The molecule has 128 valence electrons. The first-order valence-electron chi connectivity index (χ1n) is 8.97. The number of nitrogens with zero attached hydrogens (tertiary/aromatic N) is 1. The third-order valence-corrected chi connectivity index (χ3v) is 4.43. The van der Waals surface area contributed by atoms with Crippen LogP contribution in [0.2, 0.25) is 0 Å². The van der Waals surface area contributed by atoms with Crippen LogP contribution in [0, 0.1) is 6.92 Å². The van der Waals surface area contributed by atoms with Crippen molar-refractivity contribution in [1.29, 1.82) is 0 Å². The van der Waals surface area contributed by atoms with Gasteiger partial charge in [-0.05, 0) is 31.1 Å². The third-order valence-electron chi connectivity index (χ3n) is 4.43. The van der Waals surface area contributed by atoms with E-state index in [0.29, 0.717) is 6.04 Å². The lowest BCUT2D eigenvalue weighted by molar-refractivity contribution is 0.215. The van der Waals surface area contributed by atoms with Gasteiger partial charge in [-0.2, -0.15) is 0 Å². The first kappa shape index (κ1) is 18.4. The van der Waals surface area contributed by atoms with Crippen molar-refractivity contribution < 1.29 is 0 Å². The molecule has 0 spiro atoms. The first-order chi connectivity index (χ1) is 11.7. The van der Waals surface area contributed by atoms with Gasteiger partial charge in [0.2, 0.25) is 0 Å². The second kappa shape index (κ2) is 10.1. The van der Waals surface area contributed by atoms with Gasteiger partial charge < -0.3 is 5.32 Å². The molecule has 0 saturated carbocycles. The van der Waals surface area contributed by atoms with Gasteiger partial charge in [0.1, 0.15) is 0 Å². The summed E-state index contributed by atoms with van der Waals surface area (Å²) >= 11 is 0. The van der Waals surface area contributed by atoms with Gasteiger partial charge in [-0.1, -0.05) is 86.2 Å². The predicted octanol–water partition coefficient (Wildman–Crippen LogP) is 4.68. The maximum absolute atomic E-state index is 3.59. The van der Waals surface area contributed by atoms with E-state index in [2.05, 4.69) is 91.7 Å². The highest BCUT2D eigenvalue weighted by molar-refractivity contribution is 5.48. The quantitative estimate of drug-likeness (QED) is 0.674. The summed E-state index contributed by atoms with van der Waals surface area (Å²) in [4.78, 5) is 2.51. The maximum Gasteiger partial charge on any atom is 0.0472 e. The van der Waals surface area contributed by atoms with Crippen LogP contribution in [0.3, 0.4) is 0 Å². The lowest BCUT2D eigenvalue weighted by atomic mass is 10.0. The summed E-state index contributed by atoms with van der Waals surface area (Å²) in [7, 11) is 0. The first-order valence-corrected chi connectivity index (χ1v) is 8.97. The molecule has 1 atom stereocenters. The van der Waals surface area contributed by atoms with Crippen LogP contribution in [0.5, 0.6) is 0 Å². The van der Waals surface area contributed by atoms with Gasteiger partial charge in [0.05, 0.1) is 0 Å². The molecule has 0 radical (unpaired) electrons. The third kappa shape index (κ3) is 5.63. The fourth-order valence-electron chi connectivity index (χ4n) is 2.97. The van der Waals surface area contributed by atoms with Crippen LogP contribution < -0.4 is 5.32 Å². The Morgan fingerprint density at radius 2 is 1.62 bits per heavy atom. The van der Waals surface area contributed by atoms with Crippen molar-refractivity contribution in [1.82, 2.24) is 10.2 Å². The standard InChI is InChI=1S/C22H30N2/c1-4-24(5-2)22(21-15-13-19(3)14-16-21)18-23-17-9-12-20-10-7-6-8-11-20/h6-16,22-23H,4-5,17-18H2,1-3H3/b12-9+. The Hall–Kier alpha value is -1.90. The molecule has 0 aliphatic rings. The van der Waals surface area contributed by atoms with Crippen molar-refractivity contribution in [2.45, 2.75) is 26.8 Å². The van der Waals surface area contributed by atoms with Gasteiger partial charge in [0.25, 0.3) is 0 Å². The smallest absolute Gasteiger partial charge is 0.0472 e. The van der Waals surface area contributed by atoms with E-state index in [4.69, 9.17) is 0 Å². The lowest BCUT2D eigenvalue weighted by Gasteiger charge is -2.30. The van der Waals surface area contributed by atoms with E-state index in [1.165, 1.54) is 16.7 Å². The van der Waals surface area contributed by atoms with E-state index in [9.17, 15) is 0 Å². The number of hydrogen-bond acceptors (Lipinski definition) is 2. The summed E-state index contributed by atoms with van der Waals surface area (Å²) in [6, 6.07) is 19.8. The van der Waals surface area contributed by atoms with Crippen LogP contribution in [0.4, 0.5) is 0 Å². The van der Waals surface area contributed by atoms with Crippen molar-refractivity contribution in [2.24, 2.45) is 0 Å². The van der Waals surface area contributed by atoms with Crippen molar-refractivity contribution >= 4 is 6.08 Å². The molecule has 0 bridgehead atoms. The molecule has 24 heavy (non-hydrogen) atoms. The number of benzene rings is 2. The summed E-state index contributed by atoms with van der Waals surface area (Å²) in [5.41, 5.74) is 3.96. The van der Waals surface area contributed by atoms with Crippen molar-refractivity contribution in [3.63, 3.8) is 0 Å². The van der Waals surface area contributed by atoms with Crippen LogP contribution in [-0.4, -0.2) is 31.1 Å². The Morgan fingerprint density at radius 3 is 2.25 bits per heavy atom. The SMILES string of the molecule is CCN(CC)C(CNC/C=C/c1ccccc1)c1ccc(C)cc1. The van der Waals surface area contributed by atoms with Crippen LogP contribution in [0.25, 0.3) is 6.08 Å². The molecule has 0 saturated heterocycles. The molecule has 0 aliphatic carbocycles. The fourth-order valence-corrected chi connectivity index (χ4v) is 2.97. The minimum Gasteiger partial charge on any atom is -0.311 e. The molecule has 1 unspecified atom stereocenters. The van der Waals surface area contributed by atoms with Crippen molar-refractivity contribution in [2.75, 3.05) is 26.2 Å². The zero-order chi connectivity index (χ0) is 17.2. The Labute approximate surface area is 147 Å². The maximum atomic E-state index is 3.59. The number of aryl methyl sites for hydroxylation is 1. The van der Waals surface area contributed by atoms with Gasteiger partial charge in [-0.25, -0.2) is 0 Å². The average Bonchev–Trinajstić information content (AvgIpc) is 2.62. The molecule has 2 heteroatoms. The zero-order valence-corrected chi connectivity index (χ0v) is 15.2. The number of rotatable bonds is 9. The Balaban J connectivity index is 1.93. The summed E-state index contributed by atoms with van der Waals surface area (Å²) in [5.74, 6) is 0.